The minimum Gasteiger partial charge on any atom is -0.350 e. The van der Waals surface area contributed by atoms with Gasteiger partial charge < -0.3 is 4.57 Å². The highest BCUT2D eigenvalue weighted by Gasteiger charge is 2.14. The fourth-order valence-corrected chi connectivity index (χ4v) is 2.82. The number of amides is 2. The zero-order valence-electron chi connectivity index (χ0n) is 14.3. The molecule has 134 valence electrons. The van der Waals surface area contributed by atoms with Gasteiger partial charge in [0.2, 0.25) is 0 Å². The Morgan fingerprint density at radius 2 is 1.70 bits per heavy atom. The number of rotatable bonds is 3. The molecule has 4 aromatic rings. The predicted molar refractivity (Wildman–Crippen MR) is 97.0 cm³/mol. The number of nitrogens with zero attached hydrogens (tertiary/aromatic N) is 5. The molecule has 0 spiro atoms. The van der Waals surface area contributed by atoms with Crippen LogP contribution in [-0.4, -0.2) is 36.6 Å². The van der Waals surface area contributed by atoms with E-state index in [-0.39, 0.29) is 5.91 Å². The molecule has 9 heteroatoms. The van der Waals surface area contributed by atoms with Gasteiger partial charge in [0, 0.05) is 29.7 Å². The number of benzene rings is 2. The average molecular weight is 361 g/mol. The molecular weight excluding hydrogens is 346 g/mol. The number of carbonyl (C=O) groups excluding carboxylic acids is 2. The normalized spacial score (nSPS) is 10.7. The zero-order chi connectivity index (χ0) is 18.8. The van der Waals surface area contributed by atoms with Crippen molar-refractivity contribution in [2.24, 2.45) is 7.05 Å². The van der Waals surface area contributed by atoms with E-state index in [0.29, 0.717) is 11.1 Å². The summed E-state index contributed by atoms with van der Waals surface area (Å²) >= 11 is 0. The average Bonchev–Trinajstić information content (AvgIpc) is 3.35. The molecule has 0 atom stereocenters. The number of fused-ring (bicyclic) bond motifs is 1. The second kappa shape index (κ2) is 6.71. The van der Waals surface area contributed by atoms with E-state index >= 15 is 0 Å². The molecule has 0 aliphatic heterocycles. The van der Waals surface area contributed by atoms with Crippen LogP contribution in [0.15, 0.2) is 61.1 Å². The smallest absolute Gasteiger partial charge is 0.271 e. The Hall–Kier alpha value is -4.01. The second-order valence-corrected chi connectivity index (χ2v) is 5.88. The molecule has 2 aromatic heterocycles. The highest BCUT2D eigenvalue weighted by atomic mass is 16.2. The van der Waals surface area contributed by atoms with Gasteiger partial charge >= 0.3 is 0 Å². The standard InChI is InChI=1S/C18H15N7O2/c1-24-10-15(14-4-2-3-5-16(14)24)18(27)21-20-17(26)12-6-8-13(9-7-12)25-11-19-22-23-25/h2-11H,1H3,(H,20,26)(H,21,27). The van der Waals surface area contributed by atoms with Gasteiger partial charge in [-0.2, -0.15) is 0 Å². The highest BCUT2D eigenvalue weighted by molar-refractivity contribution is 6.08. The first-order valence-electron chi connectivity index (χ1n) is 8.11. The molecule has 2 heterocycles. The molecule has 0 saturated carbocycles. The van der Waals surface area contributed by atoms with Crippen LogP contribution in [0.5, 0.6) is 0 Å². The van der Waals surface area contributed by atoms with Gasteiger partial charge in [-0.1, -0.05) is 18.2 Å². The number of hydrogen-bond acceptors (Lipinski definition) is 5. The third-order valence-corrected chi connectivity index (χ3v) is 4.17. The van der Waals surface area contributed by atoms with E-state index < -0.39 is 5.91 Å². The zero-order valence-corrected chi connectivity index (χ0v) is 14.3. The van der Waals surface area contributed by atoms with Gasteiger partial charge in [-0.05, 0) is 40.8 Å². The van der Waals surface area contributed by atoms with Crippen molar-refractivity contribution in [3.05, 3.63) is 72.2 Å². The van der Waals surface area contributed by atoms with Crippen molar-refractivity contribution < 1.29 is 9.59 Å². The SMILES string of the molecule is Cn1cc(C(=O)NNC(=O)c2ccc(-n3cnnn3)cc2)c2ccccc21. The number of tetrazole rings is 1. The minimum atomic E-state index is -0.424. The summed E-state index contributed by atoms with van der Waals surface area (Å²) in [5.41, 5.74) is 7.42. The fourth-order valence-electron chi connectivity index (χ4n) is 2.82. The van der Waals surface area contributed by atoms with Crippen LogP contribution in [0.1, 0.15) is 20.7 Å². The van der Waals surface area contributed by atoms with Gasteiger partial charge in [-0.25, -0.2) is 4.68 Å². The van der Waals surface area contributed by atoms with E-state index in [4.69, 9.17) is 0 Å². The summed E-state index contributed by atoms with van der Waals surface area (Å²) in [4.78, 5) is 24.7. The van der Waals surface area contributed by atoms with E-state index in [2.05, 4.69) is 26.4 Å². The van der Waals surface area contributed by atoms with Crippen molar-refractivity contribution >= 4 is 22.7 Å². The van der Waals surface area contributed by atoms with Gasteiger partial charge in [-0.3, -0.25) is 20.4 Å². The molecule has 9 nitrogen and oxygen atoms in total. The van der Waals surface area contributed by atoms with Crippen LogP contribution in [0.4, 0.5) is 0 Å². The van der Waals surface area contributed by atoms with Crippen LogP contribution in [-0.2, 0) is 7.05 Å². The molecule has 0 saturated heterocycles. The number of carbonyl (C=O) groups is 2. The van der Waals surface area contributed by atoms with E-state index in [1.165, 1.54) is 11.0 Å². The van der Waals surface area contributed by atoms with E-state index in [1.807, 2.05) is 35.9 Å². The summed E-state index contributed by atoms with van der Waals surface area (Å²) in [5.74, 6) is -0.808. The Morgan fingerprint density at radius 3 is 2.44 bits per heavy atom. The minimum absolute atomic E-state index is 0.384. The number of hydrazine groups is 1. The van der Waals surface area contributed by atoms with Crippen molar-refractivity contribution in [1.29, 1.82) is 0 Å². The number of aromatic nitrogens is 5. The molecule has 0 fully saturated rings. The quantitative estimate of drug-likeness (QED) is 0.534. The largest absolute Gasteiger partial charge is 0.350 e. The first kappa shape index (κ1) is 16.5. The molecule has 0 unspecified atom stereocenters. The molecule has 27 heavy (non-hydrogen) atoms. The Balaban J connectivity index is 1.45. The molecule has 0 radical (unpaired) electrons. The molecule has 4 rings (SSSR count). The molecule has 0 aliphatic carbocycles. The summed E-state index contributed by atoms with van der Waals surface area (Å²) < 4.78 is 3.34. The third kappa shape index (κ3) is 3.13. The molecule has 2 aromatic carbocycles. The lowest BCUT2D eigenvalue weighted by Crippen LogP contribution is -2.41. The highest BCUT2D eigenvalue weighted by Crippen LogP contribution is 2.19. The Kier molecular flexibility index (Phi) is 4.09. The molecule has 0 aliphatic rings. The van der Waals surface area contributed by atoms with Crippen LogP contribution in [0.25, 0.3) is 16.6 Å². The topological polar surface area (TPSA) is 107 Å². The van der Waals surface area contributed by atoms with Crippen molar-refractivity contribution in [1.82, 2.24) is 35.6 Å². The Morgan fingerprint density at radius 1 is 0.963 bits per heavy atom. The predicted octanol–water partition coefficient (Wildman–Crippen LogP) is 1.23. The molecule has 2 amide bonds. The van der Waals surface area contributed by atoms with Crippen LogP contribution in [0, 0.1) is 0 Å². The third-order valence-electron chi connectivity index (χ3n) is 4.17. The van der Waals surface area contributed by atoms with Gasteiger partial charge in [0.1, 0.15) is 6.33 Å². The molecule has 0 bridgehead atoms. The van der Waals surface area contributed by atoms with E-state index in [1.54, 1.807) is 30.5 Å². The maximum atomic E-state index is 12.5. The lowest BCUT2D eigenvalue weighted by molar-refractivity contribution is 0.0847. The van der Waals surface area contributed by atoms with Crippen LogP contribution >= 0.6 is 0 Å². The van der Waals surface area contributed by atoms with Crippen molar-refractivity contribution in [2.45, 2.75) is 0 Å². The van der Waals surface area contributed by atoms with Crippen molar-refractivity contribution in [3.8, 4) is 5.69 Å². The van der Waals surface area contributed by atoms with Crippen LogP contribution in [0.2, 0.25) is 0 Å². The van der Waals surface area contributed by atoms with Crippen molar-refractivity contribution in [3.63, 3.8) is 0 Å². The summed E-state index contributed by atoms with van der Waals surface area (Å²) in [6, 6.07) is 14.2. The Labute approximate surface area is 153 Å². The maximum Gasteiger partial charge on any atom is 0.271 e. The summed E-state index contributed by atoms with van der Waals surface area (Å²) in [6.07, 6.45) is 3.19. The maximum absolute atomic E-state index is 12.5. The first-order valence-corrected chi connectivity index (χ1v) is 8.11. The van der Waals surface area contributed by atoms with Crippen LogP contribution < -0.4 is 10.9 Å². The lowest BCUT2D eigenvalue weighted by atomic mass is 10.1. The molecule has 2 N–H and O–H groups in total. The van der Waals surface area contributed by atoms with Gasteiger partial charge in [0.15, 0.2) is 0 Å². The summed E-state index contributed by atoms with van der Waals surface area (Å²) in [7, 11) is 1.86. The number of nitrogens with one attached hydrogen (secondary N) is 2. The first-order chi connectivity index (χ1) is 13.1. The summed E-state index contributed by atoms with van der Waals surface area (Å²) in [5, 5.41) is 11.7. The fraction of sp³-hybridized carbons (Fsp3) is 0.0556. The monoisotopic (exact) mass is 361 g/mol. The van der Waals surface area contributed by atoms with E-state index in [9.17, 15) is 9.59 Å². The Bertz CT molecular complexity index is 1110. The molecular formula is C18H15N7O2. The van der Waals surface area contributed by atoms with Crippen LogP contribution in [0.3, 0.4) is 0 Å². The van der Waals surface area contributed by atoms with Gasteiger partial charge in [0.25, 0.3) is 11.8 Å². The van der Waals surface area contributed by atoms with Crippen molar-refractivity contribution in [2.75, 3.05) is 0 Å². The second-order valence-electron chi connectivity index (χ2n) is 5.88. The van der Waals surface area contributed by atoms with E-state index in [0.717, 1.165) is 16.6 Å². The lowest BCUT2D eigenvalue weighted by Gasteiger charge is -2.07. The number of aryl methyl sites for hydroxylation is 1. The summed E-state index contributed by atoms with van der Waals surface area (Å²) in [6.45, 7) is 0. The van der Waals surface area contributed by atoms with Gasteiger partial charge in [0.05, 0.1) is 11.3 Å². The number of para-hydroxylation sites is 1. The van der Waals surface area contributed by atoms with Gasteiger partial charge in [-0.15, -0.1) is 5.10 Å². The number of hydrogen-bond donors (Lipinski definition) is 2.